The second kappa shape index (κ2) is 8.75. The van der Waals surface area contributed by atoms with Crippen LogP contribution in [-0.2, 0) is 20.8 Å². The number of fused-ring (bicyclic) bond motifs is 3. The molecule has 1 amide bonds. The summed E-state index contributed by atoms with van der Waals surface area (Å²) in [6.07, 6.45) is 2.09. The van der Waals surface area contributed by atoms with Crippen LogP contribution in [0.4, 0.5) is 10.1 Å². The van der Waals surface area contributed by atoms with Gasteiger partial charge in [0.2, 0.25) is 11.7 Å². The third-order valence-corrected chi connectivity index (χ3v) is 7.97. The quantitative estimate of drug-likeness (QED) is 0.223. The molecule has 3 aliphatic carbocycles. The minimum Gasteiger partial charge on any atom is -0.508 e. The summed E-state index contributed by atoms with van der Waals surface area (Å²) in [5.41, 5.74) is 1.54. The summed E-state index contributed by atoms with van der Waals surface area (Å²) >= 11 is 0. The molecule has 0 spiro atoms. The molecule has 5 rings (SSSR count). The molecule has 37 heavy (non-hydrogen) atoms. The standard InChI is InChI=1S/C25H27FN4O7/c26-14-7-15(29-16(31)9-30-3-1-2-4-30)21(33)18-11(14)5-10-6-13-19(28)20(32)12(8-27)23(35)25(13,37)24(36)17(10)22(18)34/h7-8,10,13,19,27,33-35,37H,1-6,9,28H2,(H,29,31)/t10-,13-,19-,25+/m0/s1. The molecule has 0 bridgehead atoms. The lowest BCUT2D eigenvalue weighted by atomic mass is 9.58. The van der Waals surface area contributed by atoms with Crippen molar-refractivity contribution in [3.05, 3.63) is 39.9 Å². The third-order valence-electron chi connectivity index (χ3n) is 7.97. The summed E-state index contributed by atoms with van der Waals surface area (Å²) in [6.45, 7) is 1.53. The second-order valence-corrected chi connectivity index (χ2v) is 10.0. The molecule has 4 atom stereocenters. The van der Waals surface area contributed by atoms with E-state index >= 15 is 4.39 Å². The second-order valence-electron chi connectivity index (χ2n) is 10.0. The van der Waals surface area contributed by atoms with Crippen LogP contribution in [0.25, 0.3) is 5.76 Å². The molecule has 4 aliphatic rings. The van der Waals surface area contributed by atoms with Gasteiger partial charge in [0.1, 0.15) is 17.3 Å². The van der Waals surface area contributed by atoms with E-state index in [0.717, 1.165) is 32.0 Å². The van der Waals surface area contributed by atoms with Gasteiger partial charge in [-0.2, -0.15) is 0 Å². The molecule has 1 aromatic rings. The molecular formula is C25H27FN4O7. The van der Waals surface area contributed by atoms with Crippen molar-refractivity contribution in [1.29, 1.82) is 5.41 Å². The van der Waals surface area contributed by atoms with E-state index in [0.29, 0.717) is 6.21 Å². The Hall–Kier alpha value is -3.61. The molecule has 8 N–H and O–H groups in total. The first-order valence-electron chi connectivity index (χ1n) is 12.0. The number of phenols is 1. The van der Waals surface area contributed by atoms with Crippen LogP contribution in [0.15, 0.2) is 23.0 Å². The molecule has 1 aromatic carbocycles. The molecule has 196 valence electrons. The number of hydrogen-bond acceptors (Lipinski definition) is 10. The number of nitrogens with zero attached hydrogens (tertiary/aromatic N) is 1. The number of carbonyl (C=O) groups is 3. The number of aliphatic hydroxyl groups is 3. The minimum absolute atomic E-state index is 0.0418. The van der Waals surface area contributed by atoms with Gasteiger partial charge in [0.15, 0.2) is 17.1 Å². The highest BCUT2D eigenvalue weighted by Gasteiger charge is 2.62. The largest absolute Gasteiger partial charge is 0.508 e. The lowest BCUT2D eigenvalue weighted by molar-refractivity contribution is -0.148. The highest BCUT2D eigenvalue weighted by atomic mass is 19.1. The van der Waals surface area contributed by atoms with E-state index in [1.54, 1.807) is 0 Å². The van der Waals surface area contributed by atoms with Crippen LogP contribution in [0.3, 0.4) is 0 Å². The van der Waals surface area contributed by atoms with E-state index in [2.05, 4.69) is 5.32 Å². The van der Waals surface area contributed by atoms with Crippen molar-refractivity contribution >= 4 is 35.1 Å². The maximum absolute atomic E-state index is 15.2. The monoisotopic (exact) mass is 514 g/mol. The number of halogens is 1. The number of aromatic hydroxyl groups is 1. The lowest BCUT2D eigenvalue weighted by Gasteiger charge is -2.48. The van der Waals surface area contributed by atoms with Crippen molar-refractivity contribution in [3.63, 3.8) is 0 Å². The number of hydrogen-bond donors (Lipinski definition) is 7. The number of carbonyl (C=O) groups excluding carboxylic acids is 3. The smallest absolute Gasteiger partial charge is 0.238 e. The van der Waals surface area contributed by atoms with Gasteiger partial charge in [0.25, 0.3) is 0 Å². The first kappa shape index (κ1) is 25.1. The van der Waals surface area contributed by atoms with Crippen molar-refractivity contribution in [3.8, 4) is 5.75 Å². The third kappa shape index (κ3) is 3.58. The fourth-order valence-electron chi connectivity index (χ4n) is 6.10. The number of rotatable bonds is 4. The Morgan fingerprint density at radius 1 is 1.27 bits per heavy atom. The summed E-state index contributed by atoms with van der Waals surface area (Å²) in [5.74, 6) is -7.92. The molecule has 1 saturated carbocycles. The molecule has 2 fully saturated rings. The normalized spacial score (nSPS) is 29.6. The van der Waals surface area contributed by atoms with Crippen LogP contribution in [0.1, 0.15) is 30.4 Å². The molecule has 1 aliphatic heterocycles. The van der Waals surface area contributed by atoms with Gasteiger partial charge in [0.05, 0.1) is 29.4 Å². The predicted octanol–water partition coefficient (Wildman–Crippen LogP) is 0.699. The highest BCUT2D eigenvalue weighted by Crippen LogP contribution is 2.52. The van der Waals surface area contributed by atoms with Gasteiger partial charge in [-0.25, -0.2) is 4.39 Å². The fourth-order valence-corrected chi connectivity index (χ4v) is 6.10. The summed E-state index contributed by atoms with van der Waals surface area (Å²) in [4.78, 5) is 40.5. The SMILES string of the molecule is N=CC1=C(O)[C@@]2(O)C(=O)C3=C(O)c4c(O)c(NC(=O)CN5CCCC5)cc(F)c4C[C@H]3C[C@H]2[C@H](N)C1=O. The van der Waals surface area contributed by atoms with Crippen LogP contribution in [0.2, 0.25) is 0 Å². The fraction of sp³-hybridized carbons (Fsp3) is 0.440. The Morgan fingerprint density at radius 3 is 2.59 bits per heavy atom. The molecule has 0 radical (unpaired) electrons. The van der Waals surface area contributed by atoms with Crippen molar-refractivity contribution in [2.24, 2.45) is 17.6 Å². The Morgan fingerprint density at radius 2 is 1.95 bits per heavy atom. The van der Waals surface area contributed by atoms with E-state index in [1.807, 2.05) is 4.90 Å². The first-order chi connectivity index (χ1) is 17.5. The Balaban J connectivity index is 1.57. The van der Waals surface area contributed by atoms with Gasteiger partial charge in [-0.3, -0.25) is 19.3 Å². The summed E-state index contributed by atoms with van der Waals surface area (Å²) in [6, 6.07) is -0.478. The zero-order valence-electron chi connectivity index (χ0n) is 19.8. The minimum atomic E-state index is -2.69. The molecule has 1 heterocycles. The number of phenolic OH excluding ortho intramolecular Hbond substituents is 1. The Bertz CT molecular complexity index is 1320. The van der Waals surface area contributed by atoms with Gasteiger partial charge in [-0.15, -0.1) is 0 Å². The van der Waals surface area contributed by atoms with E-state index in [-0.39, 0.29) is 36.2 Å². The summed E-state index contributed by atoms with van der Waals surface area (Å²) in [7, 11) is 0. The average Bonchev–Trinajstić information content (AvgIpc) is 3.36. The van der Waals surface area contributed by atoms with Gasteiger partial charge in [-0.1, -0.05) is 0 Å². The average molecular weight is 515 g/mol. The maximum Gasteiger partial charge on any atom is 0.238 e. The van der Waals surface area contributed by atoms with Crippen molar-refractivity contribution in [2.45, 2.75) is 37.3 Å². The number of likely N-dealkylation sites (tertiary alicyclic amines) is 1. The number of Topliss-reactive ketones (excluding diaryl/α,β-unsaturated/α-hetero) is 2. The molecule has 1 saturated heterocycles. The van der Waals surface area contributed by atoms with Crippen LogP contribution in [-0.4, -0.2) is 80.3 Å². The molecule has 0 aromatic heterocycles. The molecule has 11 nitrogen and oxygen atoms in total. The van der Waals surface area contributed by atoms with Crippen molar-refractivity contribution in [2.75, 3.05) is 25.0 Å². The number of aliphatic hydroxyl groups excluding tert-OH is 2. The lowest BCUT2D eigenvalue weighted by Crippen LogP contribution is -2.64. The predicted molar refractivity (Wildman–Crippen MR) is 129 cm³/mol. The number of amides is 1. The number of nitrogens with one attached hydrogen (secondary N) is 2. The number of nitrogens with two attached hydrogens (primary N) is 1. The molecule has 0 unspecified atom stereocenters. The number of ketones is 2. The van der Waals surface area contributed by atoms with Gasteiger partial charge in [0, 0.05) is 29.3 Å². The van der Waals surface area contributed by atoms with E-state index in [4.69, 9.17) is 11.1 Å². The van der Waals surface area contributed by atoms with Crippen LogP contribution in [0, 0.1) is 23.1 Å². The van der Waals surface area contributed by atoms with Crippen molar-refractivity contribution in [1.82, 2.24) is 4.90 Å². The highest BCUT2D eigenvalue weighted by molar-refractivity contribution is 6.20. The van der Waals surface area contributed by atoms with E-state index in [9.17, 15) is 34.8 Å². The Kier molecular flexibility index (Phi) is 5.93. The van der Waals surface area contributed by atoms with E-state index < -0.39 is 75.2 Å². The van der Waals surface area contributed by atoms with Crippen molar-refractivity contribution < 1.29 is 39.2 Å². The summed E-state index contributed by atoms with van der Waals surface area (Å²) < 4.78 is 15.2. The van der Waals surface area contributed by atoms with Crippen LogP contribution >= 0.6 is 0 Å². The van der Waals surface area contributed by atoms with Gasteiger partial charge < -0.3 is 36.9 Å². The van der Waals surface area contributed by atoms with Crippen LogP contribution in [0.5, 0.6) is 5.75 Å². The van der Waals surface area contributed by atoms with E-state index in [1.165, 1.54) is 0 Å². The Labute approximate surface area is 210 Å². The van der Waals surface area contributed by atoms with Gasteiger partial charge >= 0.3 is 0 Å². The first-order valence-corrected chi connectivity index (χ1v) is 12.0. The molecule has 12 heteroatoms. The zero-order chi connectivity index (χ0) is 26.8. The topological polar surface area (TPSA) is 197 Å². The summed E-state index contributed by atoms with van der Waals surface area (Å²) in [5, 5.41) is 53.8. The van der Waals surface area contributed by atoms with Crippen LogP contribution < -0.4 is 11.1 Å². The number of anilines is 1. The zero-order valence-corrected chi connectivity index (χ0v) is 19.8. The maximum atomic E-state index is 15.2. The van der Waals surface area contributed by atoms with Gasteiger partial charge in [-0.05, 0) is 44.7 Å². The molecular weight excluding hydrogens is 487 g/mol. The number of benzene rings is 1.